The molecule has 0 saturated heterocycles. The average Bonchev–Trinajstić information content (AvgIpc) is 2.69. The van der Waals surface area contributed by atoms with Gasteiger partial charge in [-0.15, -0.1) is 0 Å². The van der Waals surface area contributed by atoms with Crippen LogP contribution in [0.25, 0.3) is 21.8 Å². The Labute approximate surface area is 179 Å². The van der Waals surface area contributed by atoms with Crippen molar-refractivity contribution in [2.75, 3.05) is 38.6 Å². The van der Waals surface area contributed by atoms with Gasteiger partial charge in [0.15, 0.2) is 0 Å². The largest absolute Gasteiger partial charge is 0.497 e. The van der Waals surface area contributed by atoms with Crippen LogP contribution in [0, 0.1) is 5.92 Å². The van der Waals surface area contributed by atoms with Crippen LogP contribution in [0.1, 0.15) is 33.6 Å². The van der Waals surface area contributed by atoms with Crippen molar-refractivity contribution in [2.24, 2.45) is 5.92 Å². The highest BCUT2D eigenvalue weighted by molar-refractivity contribution is 6.31. The van der Waals surface area contributed by atoms with E-state index < -0.39 is 0 Å². The Morgan fingerprint density at radius 1 is 1.07 bits per heavy atom. The quantitative estimate of drug-likeness (QED) is 0.316. The zero-order valence-electron chi connectivity index (χ0n) is 18.0. The fraction of sp³-hybridized carbons (Fsp3) is 0.458. The van der Waals surface area contributed by atoms with Gasteiger partial charge in [0.05, 0.1) is 23.8 Å². The van der Waals surface area contributed by atoms with Crippen molar-refractivity contribution in [3.63, 3.8) is 0 Å². The molecular formula is C24H32ClN3O. The summed E-state index contributed by atoms with van der Waals surface area (Å²) >= 11 is 6.22. The number of ether oxygens (including phenoxy) is 1. The van der Waals surface area contributed by atoms with Crippen LogP contribution in [0.3, 0.4) is 0 Å². The van der Waals surface area contributed by atoms with Crippen LogP contribution >= 0.6 is 11.6 Å². The van der Waals surface area contributed by atoms with Gasteiger partial charge in [0.2, 0.25) is 0 Å². The molecule has 0 bridgehead atoms. The van der Waals surface area contributed by atoms with E-state index in [4.69, 9.17) is 21.3 Å². The molecule has 1 heterocycles. The zero-order chi connectivity index (χ0) is 20.8. The van der Waals surface area contributed by atoms with E-state index in [0.29, 0.717) is 10.9 Å². The number of methoxy groups -OCH3 is 1. The smallest absolute Gasteiger partial charge is 0.119 e. The third kappa shape index (κ3) is 5.52. The van der Waals surface area contributed by atoms with Crippen LogP contribution in [0.15, 0.2) is 36.4 Å². The second-order valence-electron chi connectivity index (χ2n) is 8.01. The summed E-state index contributed by atoms with van der Waals surface area (Å²) in [7, 11) is 1.69. The van der Waals surface area contributed by atoms with Gasteiger partial charge in [-0.25, -0.2) is 4.98 Å². The van der Waals surface area contributed by atoms with Gasteiger partial charge in [-0.2, -0.15) is 0 Å². The Bertz CT molecular complexity index is 958. The standard InChI is InChI=1S/C24H32ClN3O/c1-5-12-28(16-17(2)3)13-6-11-26-24-20-9-7-18(25)14-23(20)27-22-10-8-19(29-4)15-21(22)24/h7-10,14-15,17H,5-6,11-13,16H2,1-4H3,(H,26,27). The molecule has 0 amide bonds. The predicted octanol–water partition coefficient (Wildman–Crippen LogP) is 6.22. The Kier molecular flexibility index (Phi) is 7.57. The van der Waals surface area contributed by atoms with Crippen LogP contribution in [0.2, 0.25) is 5.02 Å². The Balaban J connectivity index is 1.84. The highest BCUT2D eigenvalue weighted by Crippen LogP contribution is 2.34. The number of nitrogens with zero attached hydrogens (tertiary/aromatic N) is 2. The average molecular weight is 414 g/mol. The molecule has 3 rings (SSSR count). The number of hydrogen-bond donors (Lipinski definition) is 1. The van der Waals surface area contributed by atoms with Crippen LogP contribution in [-0.2, 0) is 0 Å². The van der Waals surface area contributed by atoms with E-state index in [1.807, 2.05) is 30.3 Å². The molecule has 0 unspecified atom stereocenters. The first-order valence-corrected chi connectivity index (χ1v) is 10.9. The molecule has 0 radical (unpaired) electrons. The molecule has 1 N–H and O–H groups in total. The van der Waals surface area contributed by atoms with Gasteiger partial charge < -0.3 is 15.0 Å². The summed E-state index contributed by atoms with van der Waals surface area (Å²) < 4.78 is 5.45. The van der Waals surface area contributed by atoms with Crippen molar-refractivity contribution >= 4 is 39.1 Å². The van der Waals surface area contributed by atoms with E-state index in [2.05, 4.69) is 37.1 Å². The Morgan fingerprint density at radius 2 is 1.90 bits per heavy atom. The number of nitrogens with one attached hydrogen (secondary N) is 1. The monoisotopic (exact) mass is 413 g/mol. The molecule has 0 aliphatic rings. The minimum absolute atomic E-state index is 0.694. The maximum Gasteiger partial charge on any atom is 0.119 e. The molecule has 156 valence electrons. The van der Waals surface area contributed by atoms with Crippen molar-refractivity contribution in [1.29, 1.82) is 0 Å². The number of rotatable bonds is 10. The number of benzene rings is 2. The maximum atomic E-state index is 6.22. The summed E-state index contributed by atoms with van der Waals surface area (Å²) in [6.07, 6.45) is 2.29. The minimum atomic E-state index is 0.694. The first-order valence-electron chi connectivity index (χ1n) is 10.5. The number of halogens is 1. The van der Waals surface area contributed by atoms with E-state index in [9.17, 15) is 0 Å². The third-order valence-electron chi connectivity index (χ3n) is 5.06. The fourth-order valence-electron chi connectivity index (χ4n) is 3.86. The van der Waals surface area contributed by atoms with Gasteiger partial charge in [0.1, 0.15) is 5.75 Å². The lowest BCUT2D eigenvalue weighted by Crippen LogP contribution is -2.30. The summed E-state index contributed by atoms with van der Waals surface area (Å²) in [6.45, 7) is 11.2. The molecular weight excluding hydrogens is 382 g/mol. The summed E-state index contributed by atoms with van der Waals surface area (Å²) in [4.78, 5) is 7.37. The van der Waals surface area contributed by atoms with E-state index in [-0.39, 0.29) is 0 Å². The van der Waals surface area contributed by atoms with Crippen LogP contribution in [-0.4, -0.2) is 43.2 Å². The molecule has 0 atom stereocenters. The highest BCUT2D eigenvalue weighted by Gasteiger charge is 2.11. The molecule has 3 aromatic rings. The van der Waals surface area contributed by atoms with E-state index >= 15 is 0 Å². The zero-order valence-corrected chi connectivity index (χ0v) is 18.7. The molecule has 0 fully saturated rings. The highest BCUT2D eigenvalue weighted by atomic mass is 35.5. The summed E-state index contributed by atoms with van der Waals surface area (Å²) in [5, 5.41) is 6.55. The first kappa shape index (κ1) is 21.7. The molecule has 0 aliphatic carbocycles. The first-order chi connectivity index (χ1) is 14.0. The molecule has 0 spiro atoms. The minimum Gasteiger partial charge on any atom is -0.497 e. The third-order valence-corrected chi connectivity index (χ3v) is 5.29. The molecule has 4 nitrogen and oxygen atoms in total. The van der Waals surface area contributed by atoms with Crippen LogP contribution in [0.4, 0.5) is 5.69 Å². The lowest BCUT2D eigenvalue weighted by atomic mass is 10.1. The molecule has 0 aliphatic heterocycles. The van der Waals surface area contributed by atoms with Crippen LogP contribution < -0.4 is 10.1 Å². The van der Waals surface area contributed by atoms with Crippen molar-refractivity contribution in [1.82, 2.24) is 9.88 Å². The summed E-state index contributed by atoms with van der Waals surface area (Å²) in [5.41, 5.74) is 2.95. The van der Waals surface area contributed by atoms with Gasteiger partial charge >= 0.3 is 0 Å². The van der Waals surface area contributed by atoms with Gasteiger partial charge in [-0.3, -0.25) is 0 Å². The lowest BCUT2D eigenvalue weighted by molar-refractivity contribution is 0.244. The van der Waals surface area contributed by atoms with Crippen molar-refractivity contribution in [3.8, 4) is 5.75 Å². The second-order valence-corrected chi connectivity index (χ2v) is 8.44. The number of fused-ring (bicyclic) bond motifs is 2. The van der Waals surface area contributed by atoms with Gasteiger partial charge in [-0.1, -0.05) is 32.4 Å². The number of anilines is 1. The Morgan fingerprint density at radius 3 is 2.62 bits per heavy atom. The number of aromatic nitrogens is 1. The SMILES string of the molecule is CCCN(CCCNc1c2ccc(Cl)cc2nc2ccc(OC)cc12)CC(C)C. The fourth-order valence-corrected chi connectivity index (χ4v) is 4.02. The molecule has 2 aromatic carbocycles. The molecule has 1 aromatic heterocycles. The van der Waals surface area contributed by atoms with E-state index in [1.54, 1.807) is 7.11 Å². The second kappa shape index (κ2) is 10.1. The molecule has 0 saturated carbocycles. The van der Waals surface area contributed by atoms with E-state index in [0.717, 1.165) is 65.8 Å². The molecule has 29 heavy (non-hydrogen) atoms. The number of hydrogen-bond acceptors (Lipinski definition) is 4. The lowest BCUT2D eigenvalue weighted by Gasteiger charge is -2.24. The van der Waals surface area contributed by atoms with Gasteiger partial charge in [-0.05, 0) is 68.2 Å². The topological polar surface area (TPSA) is 37.4 Å². The number of pyridine rings is 1. The summed E-state index contributed by atoms with van der Waals surface area (Å²) in [5.74, 6) is 1.53. The van der Waals surface area contributed by atoms with E-state index in [1.165, 1.54) is 6.42 Å². The maximum absolute atomic E-state index is 6.22. The van der Waals surface area contributed by atoms with Crippen molar-refractivity contribution < 1.29 is 4.74 Å². The summed E-state index contributed by atoms with van der Waals surface area (Å²) in [6, 6.07) is 11.9. The predicted molar refractivity (Wildman–Crippen MR) is 125 cm³/mol. The van der Waals surface area contributed by atoms with Crippen LogP contribution in [0.5, 0.6) is 5.75 Å². The van der Waals surface area contributed by atoms with Crippen molar-refractivity contribution in [2.45, 2.75) is 33.6 Å². The normalized spacial score (nSPS) is 11.7. The van der Waals surface area contributed by atoms with Crippen molar-refractivity contribution in [3.05, 3.63) is 41.4 Å². The Hall–Kier alpha value is -2.04. The van der Waals surface area contributed by atoms with Gasteiger partial charge in [0, 0.05) is 28.9 Å². The van der Waals surface area contributed by atoms with Gasteiger partial charge in [0.25, 0.3) is 0 Å². The molecule has 5 heteroatoms.